The number of aryl methyl sites for hydroxylation is 2. The number of ether oxygens (including phenoxy) is 1. The minimum atomic E-state index is -0.427. The van der Waals surface area contributed by atoms with Crippen LogP contribution < -0.4 is 11.1 Å². The largest absolute Gasteiger partial charge is 0.465 e. The first-order valence-corrected chi connectivity index (χ1v) is 8.80. The van der Waals surface area contributed by atoms with Gasteiger partial charge in [-0.2, -0.15) is 0 Å². The SMILES string of the molecule is COC(=O)c1ccc(NC(=O)c2sc3nc(C)c(C)c(C)c3c2N)cc1. The molecule has 6 nitrogen and oxygen atoms in total. The Morgan fingerprint density at radius 1 is 1.12 bits per heavy atom. The van der Waals surface area contributed by atoms with Crippen molar-refractivity contribution in [3.8, 4) is 0 Å². The lowest BCUT2D eigenvalue weighted by molar-refractivity contribution is 0.0600. The highest BCUT2D eigenvalue weighted by atomic mass is 32.1. The highest BCUT2D eigenvalue weighted by Crippen LogP contribution is 2.36. The molecule has 3 rings (SSSR count). The number of aromatic nitrogens is 1. The van der Waals surface area contributed by atoms with Gasteiger partial charge in [-0.3, -0.25) is 4.79 Å². The molecule has 0 aliphatic rings. The van der Waals surface area contributed by atoms with Crippen LogP contribution in [0.5, 0.6) is 0 Å². The van der Waals surface area contributed by atoms with Gasteiger partial charge in [0.25, 0.3) is 5.91 Å². The number of nitrogens with two attached hydrogens (primary N) is 1. The van der Waals surface area contributed by atoms with Crippen molar-refractivity contribution in [1.82, 2.24) is 4.98 Å². The molecule has 2 heterocycles. The molecule has 0 aliphatic heterocycles. The van der Waals surface area contributed by atoms with Gasteiger partial charge in [-0.05, 0) is 56.2 Å². The molecule has 0 saturated carbocycles. The summed E-state index contributed by atoms with van der Waals surface area (Å²) < 4.78 is 4.66. The molecule has 1 amide bonds. The van der Waals surface area contributed by atoms with Gasteiger partial charge in [-0.15, -0.1) is 11.3 Å². The number of carbonyl (C=O) groups is 2. The van der Waals surface area contributed by atoms with Gasteiger partial charge in [0.1, 0.15) is 9.71 Å². The molecule has 0 spiro atoms. The molecule has 3 aromatic rings. The van der Waals surface area contributed by atoms with E-state index in [0.717, 1.165) is 27.0 Å². The second-order valence-electron chi connectivity index (χ2n) is 6.00. The van der Waals surface area contributed by atoms with Crippen LogP contribution in [0.4, 0.5) is 11.4 Å². The smallest absolute Gasteiger partial charge is 0.337 e. The molecule has 0 atom stereocenters. The predicted molar refractivity (Wildman–Crippen MR) is 104 cm³/mol. The van der Waals surface area contributed by atoms with Crippen molar-refractivity contribution in [3.63, 3.8) is 0 Å². The first kappa shape index (κ1) is 17.9. The highest BCUT2D eigenvalue weighted by molar-refractivity contribution is 7.21. The molecular weight excluding hydrogens is 350 g/mol. The van der Waals surface area contributed by atoms with Crippen molar-refractivity contribution in [2.45, 2.75) is 20.8 Å². The maximum atomic E-state index is 12.7. The van der Waals surface area contributed by atoms with Gasteiger partial charge in [-0.25, -0.2) is 9.78 Å². The zero-order valence-electron chi connectivity index (χ0n) is 15.0. The number of hydrogen-bond donors (Lipinski definition) is 2. The summed E-state index contributed by atoms with van der Waals surface area (Å²) in [7, 11) is 1.32. The van der Waals surface area contributed by atoms with E-state index in [1.807, 2.05) is 20.8 Å². The number of anilines is 2. The van der Waals surface area contributed by atoms with E-state index >= 15 is 0 Å². The van der Waals surface area contributed by atoms with Gasteiger partial charge >= 0.3 is 5.97 Å². The summed E-state index contributed by atoms with van der Waals surface area (Å²) in [5.74, 6) is -0.727. The van der Waals surface area contributed by atoms with Crippen LogP contribution >= 0.6 is 11.3 Å². The van der Waals surface area contributed by atoms with Crippen molar-refractivity contribution in [1.29, 1.82) is 0 Å². The molecule has 1 aromatic carbocycles. The van der Waals surface area contributed by atoms with Gasteiger partial charge in [-0.1, -0.05) is 0 Å². The molecule has 7 heteroatoms. The van der Waals surface area contributed by atoms with Crippen molar-refractivity contribution in [2.75, 3.05) is 18.2 Å². The summed E-state index contributed by atoms with van der Waals surface area (Å²) in [5.41, 5.74) is 10.7. The third kappa shape index (κ3) is 3.01. The van der Waals surface area contributed by atoms with Crippen LogP contribution in [0.2, 0.25) is 0 Å². The van der Waals surface area contributed by atoms with Crippen LogP contribution in [0, 0.1) is 20.8 Å². The Balaban J connectivity index is 1.92. The number of thiophene rings is 1. The number of methoxy groups -OCH3 is 1. The summed E-state index contributed by atoms with van der Waals surface area (Å²) in [6.07, 6.45) is 0. The molecule has 26 heavy (non-hydrogen) atoms. The lowest BCUT2D eigenvalue weighted by atomic mass is 10.1. The highest BCUT2D eigenvalue weighted by Gasteiger charge is 2.20. The molecule has 2 aromatic heterocycles. The number of pyridine rings is 1. The van der Waals surface area contributed by atoms with Crippen LogP contribution in [0.15, 0.2) is 24.3 Å². The maximum Gasteiger partial charge on any atom is 0.337 e. The zero-order valence-corrected chi connectivity index (χ0v) is 15.8. The Morgan fingerprint density at radius 2 is 1.77 bits per heavy atom. The zero-order chi connectivity index (χ0) is 19.0. The number of carbonyl (C=O) groups excluding carboxylic acids is 2. The fraction of sp³-hybridized carbons (Fsp3) is 0.211. The number of nitrogens with zero attached hydrogens (tertiary/aromatic N) is 1. The normalized spacial score (nSPS) is 10.8. The minimum absolute atomic E-state index is 0.300. The molecule has 0 aliphatic carbocycles. The first-order chi connectivity index (χ1) is 12.3. The van der Waals surface area contributed by atoms with Gasteiger partial charge in [0.15, 0.2) is 0 Å². The van der Waals surface area contributed by atoms with Crippen LogP contribution in [0.25, 0.3) is 10.2 Å². The summed E-state index contributed by atoms with van der Waals surface area (Å²) >= 11 is 1.28. The van der Waals surface area contributed by atoms with Crippen molar-refractivity contribution < 1.29 is 14.3 Å². The number of esters is 1. The lowest BCUT2D eigenvalue weighted by Gasteiger charge is -2.06. The fourth-order valence-corrected chi connectivity index (χ4v) is 3.83. The lowest BCUT2D eigenvalue weighted by Crippen LogP contribution is -2.12. The van der Waals surface area contributed by atoms with E-state index in [2.05, 4.69) is 15.0 Å². The summed E-state index contributed by atoms with van der Waals surface area (Å²) in [4.78, 5) is 29.9. The van der Waals surface area contributed by atoms with E-state index in [1.54, 1.807) is 24.3 Å². The monoisotopic (exact) mass is 369 g/mol. The molecule has 0 saturated heterocycles. The van der Waals surface area contributed by atoms with Gasteiger partial charge in [0, 0.05) is 16.8 Å². The van der Waals surface area contributed by atoms with Crippen molar-refractivity contribution in [2.24, 2.45) is 0 Å². The maximum absolute atomic E-state index is 12.7. The number of amides is 1. The van der Waals surface area contributed by atoms with Gasteiger partial charge in [0.05, 0.1) is 18.4 Å². The molecule has 3 N–H and O–H groups in total. The van der Waals surface area contributed by atoms with Crippen LogP contribution in [-0.2, 0) is 4.74 Å². The average Bonchev–Trinajstić information content (AvgIpc) is 2.96. The van der Waals surface area contributed by atoms with Gasteiger partial charge in [0.2, 0.25) is 0 Å². The Morgan fingerprint density at radius 3 is 2.38 bits per heavy atom. The van der Waals surface area contributed by atoms with E-state index in [9.17, 15) is 9.59 Å². The average molecular weight is 369 g/mol. The van der Waals surface area contributed by atoms with Crippen LogP contribution in [-0.4, -0.2) is 24.0 Å². The Kier molecular flexibility index (Phi) is 4.65. The van der Waals surface area contributed by atoms with E-state index < -0.39 is 5.97 Å². The topological polar surface area (TPSA) is 94.3 Å². The quantitative estimate of drug-likeness (QED) is 0.684. The third-order valence-corrected chi connectivity index (χ3v) is 5.54. The molecular formula is C19H19N3O3S. The minimum Gasteiger partial charge on any atom is -0.465 e. The molecule has 0 fully saturated rings. The van der Waals surface area contributed by atoms with Gasteiger partial charge < -0.3 is 15.8 Å². The number of rotatable bonds is 3. The molecule has 0 bridgehead atoms. The standard InChI is InChI=1S/C19H19N3O3S/c1-9-10(2)14-15(20)16(26-18(14)21-11(9)3)17(23)22-13-7-5-12(6-8-13)19(24)25-4/h5-8H,20H2,1-4H3,(H,22,23). The number of hydrogen-bond acceptors (Lipinski definition) is 6. The van der Waals surface area contributed by atoms with E-state index in [4.69, 9.17) is 5.73 Å². The summed E-state index contributed by atoms with van der Waals surface area (Å²) in [6, 6.07) is 6.47. The molecule has 0 unspecified atom stereocenters. The Labute approximate surface area is 155 Å². The first-order valence-electron chi connectivity index (χ1n) is 7.99. The Hall–Kier alpha value is -2.93. The third-order valence-electron chi connectivity index (χ3n) is 4.45. The van der Waals surface area contributed by atoms with E-state index in [0.29, 0.717) is 21.8 Å². The second kappa shape index (κ2) is 6.76. The van der Waals surface area contributed by atoms with E-state index in [1.165, 1.54) is 18.4 Å². The molecule has 0 radical (unpaired) electrons. The summed E-state index contributed by atoms with van der Waals surface area (Å²) in [6.45, 7) is 5.93. The second-order valence-corrected chi connectivity index (χ2v) is 6.99. The summed E-state index contributed by atoms with van der Waals surface area (Å²) in [5, 5.41) is 3.64. The Bertz CT molecular complexity index is 1020. The predicted octanol–water partition coefficient (Wildman–Crippen LogP) is 3.84. The number of fused-ring (bicyclic) bond motifs is 1. The van der Waals surface area contributed by atoms with Crippen LogP contribution in [0.3, 0.4) is 0 Å². The molecule has 134 valence electrons. The van der Waals surface area contributed by atoms with Crippen molar-refractivity contribution >= 4 is 44.8 Å². The number of nitrogen functional groups attached to an aromatic ring is 1. The fourth-order valence-electron chi connectivity index (χ4n) is 2.73. The van der Waals surface area contributed by atoms with Crippen molar-refractivity contribution in [3.05, 3.63) is 51.5 Å². The number of benzene rings is 1. The van der Waals surface area contributed by atoms with Crippen LogP contribution in [0.1, 0.15) is 36.9 Å². The number of nitrogens with one attached hydrogen (secondary N) is 1. The van der Waals surface area contributed by atoms with E-state index in [-0.39, 0.29) is 5.91 Å².